The summed E-state index contributed by atoms with van der Waals surface area (Å²) in [7, 11) is 0. The van der Waals surface area contributed by atoms with Crippen molar-refractivity contribution in [2.45, 2.75) is 23.7 Å². The number of halogens is 1. The van der Waals surface area contributed by atoms with Crippen LogP contribution < -0.4 is 0 Å². The molecule has 3 aromatic carbocycles. The van der Waals surface area contributed by atoms with Crippen molar-refractivity contribution < 1.29 is 14.5 Å². The van der Waals surface area contributed by atoms with Crippen molar-refractivity contribution >= 4 is 28.7 Å². The summed E-state index contributed by atoms with van der Waals surface area (Å²) in [5.74, 6) is -0.526. The Bertz CT molecular complexity index is 895. The molecule has 5 heteroatoms. The average Bonchev–Trinajstić information content (AvgIpc) is 2.72. The number of benzene rings is 3. The first-order chi connectivity index (χ1) is 13.5. The van der Waals surface area contributed by atoms with E-state index >= 15 is 0 Å². The molecule has 0 aliphatic heterocycles. The van der Waals surface area contributed by atoms with Gasteiger partial charge in [0.2, 0.25) is 0 Å². The van der Waals surface area contributed by atoms with E-state index in [2.05, 4.69) is 0 Å². The van der Waals surface area contributed by atoms with Crippen LogP contribution in [0.15, 0.2) is 83.8 Å². The van der Waals surface area contributed by atoms with E-state index in [1.54, 1.807) is 0 Å². The first kappa shape index (κ1) is 20.5. The lowest BCUT2D eigenvalue weighted by molar-refractivity contribution is -0.137. The van der Waals surface area contributed by atoms with E-state index in [1.807, 2.05) is 78.9 Å². The van der Waals surface area contributed by atoms with E-state index < -0.39 is 17.1 Å². The van der Waals surface area contributed by atoms with Crippen LogP contribution in [-0.4, -0.2) is 21.4 Å². The highest BCUT2D eigenvalue weighted by Gasteiger charge is 2.22. The van der Waals surface area contributed by atoms with E-state index in [1.165, 1.54) is 0 Å². The molecule has 1 unspecified atom stereocenters. The molecule has 0 radical (unpaired) electrons. The maximum absolute atomic E-state index is 12.7. The molecular weight excluding hydrogens is 392 g/mol. The minimum Gasteiger partial charge on any atom is -0.611 e. The second kappa shape index (κ2) is 9.78. The highest BCUT2D eigenvalue weighted by Crippen LogP contribution is 2.29. The molecule has 0 saturated carbocycles. The zero-order valence-electron chi connectivity index (χ0n) is 15.3. The molecule has 0 saturated heterocycles. The van der Waals surface area contributed by atoms with Gasteiger partial charge in [-0.3, -0.25) is 4.79 Å². The molecule has 0 bridgehead atoms. The van der Waals surface area contributed by atoms with Crippen LogP contribution in [0.25, 0.3) is 11.1 Å². The van der Waals surface area contributed by atoms with Crippen LogP contribution >= 0.6 is 11.6 Å². The van der Waals surface area contributed by atoms with Gasteiger partial charge in [0.25, 0.3) is 0 Å². The molecule has 144 valence electrons. The molecule has 3 aromatic rings. The maximum atomic E-state index is 12.7. The molecule has 0 spiro atoms. The Morgan fingerprint density at radius 3 is 2.07 bits per heavy atom. The highest BCUT2D eigenvalue weighted by atomic mass is 35.5. The largest absolute Gasteiger partial charge is 0.611 e. The fraction of sp³-hybridized carbons (Fsp3) is 0.174. The second-order valence-electron chi connectivity index (χ2n) is 6.58. The summed E-state index contributed by atoms with van der Waals surface area (Å²) in [4.78, 5) is 11.8. The summed E-state index contributed by atoms with van der Waals surface area (Å²) in [5.41, 5.74) is 3.12. The van der Waals surface area contributed by atoms with Crippen LogP contribution in [0.3, 0.4) is 0 Å². The standard InChI is InChI=1S/C23H21ClO3S/c24-21-13-10-18(11-14-21)17-6-8-19(9-7-17)20(12-15-23(25)26)16-28(27)22-4-2-1-3-5-22/h1-11,13-14,20H,12,15-16H2,(H,25,26)/t20?,28-/m1/s1. The first-order valence-corrected chi connectivity index (χ1v) is 10.7. The zero-order valence-corrected chi connectivity index (χ0v) is 16.8. The van der Waals surface area contributed by atoms with E-state index in [-0.39, 0.29) is 12.3 Å². The van der Waals surface area contributed by atoms with E-state index in [0.29, 0.717) is 17.2 Å². The van der Waals surface area contributed by atoms with Crippen LogP contribution in [0, 0.1) is 0 Å². The predicted octanol–water partition coefficient (Wildman–Crippen LogP) is 5.76. The van der Waals surface area contributed by atoms with Gasteiger partial charge in [0.1, 0.15) is 5.75 Å². The van der Waals surface area contributed by atoms with Gasteiger partial charge in [0.05, 0.1) is 0 Å². The minimum absolute atomic E-state index is 0.0512. The number of aliphatic carboxylic acids is 1. The Morgan fingerprint density at radius 2 is 1.50 bits per heavy atom. The number of carbonyl (C=O) groups is 1. The van der Waals surface area contributed by atoms with Crippen LogP contribution in [0.4, 0.5) is 0 Å². The number of hydrogen-bond acceptors (Lipinski definition) is 2. The molecule has 0 amide bonds. The molecule has 3 rings (SSSR count). The third-order valence-corrected chi connectivity index (χ3v) is 6.38. The van der Waals surface area contributed by atoms with Gasteiger partial charge in [0, 0.05) is 17.4 Å². The van der Waals surface area contributed by atoms with Crippen LogP contribution in [0.5, 0.6) is 0 Å². The van der Waals surface area contributed by atoms with Gasteiger partial charge >= 0.3 is 5.97 Å². The molecule has 0 aliphatic carbocycles. The quantitative estimate of drug-likeness (QED) is 0.478. The topological polar surface area (TPSA) is 60.4 Å². The second-order valence-corrected chi connectivity index (χ2v) is 8.52. The Balaban J connectivity index is 1.79. The summed E-state index contributed by atoms with van der Waals surface area (Å²) in [6.07, 6.45) is 0.504. The molecule has 0 fully saturated rings. The van der Waals surface area contributed by atoms with Gasteiger partial charge in [-0.1, -0.05) is 66.2 Å². The fourth-order valence-corrected chi connectivity index (χ4v) is 4.59. The zero-order chi connectivity index (χ0) is 19.9. The molecule has 28 heavy (non-hydrogen) atoms. The van der Waals surface area contributed by atoms with Gasteiger partial charge in [-0.25, -0.2) is 0 Å². The minimum atomic E-state index is -1.18. The fourth-order valence-electron chi connectivity index (χ4n) is 3.09. The third-order valence-electron chi connectivity index (χ3n) is 4.62. The first-order valence-electron chi connectivity index (χ1n) is 9.04. The third kappa shape index (κ3) is 5.61. The lowest BCUT2D eigenvalue weighted by atomic mass is 9.94. The summed E-state index contributed by atoms with van der Waals surface area (Å²) in [6.45, 7) is 0. The summed E-state index contributed by atoms with van der Waals surface area (Å²) >= 11 is 4.77. The van der Waals surface area contributed by atoms with Crippen molar-refractivity contribution in [2.24, 2.45) is 0 Å². The number of rotatable bonds is 8. The molecule has 1 N–H and O–H groups in total. The van der Waals surface area contributed by atoms with Gasteiger partial charge in [-0.05, 0) is 58.6 Å². The van der Waals surface area contributed by atoms with E-state index in [9.17, 15) is 9.35 Å². The van der Waals surface area contributed by atoms with Crippen molar-refractivity contribution in [1.29, 1.82) is 0 Å². The predicted molar refractivity (Wildman–Crippen MR) is 114 cm³/mol. The van der Waals surface area contributed by atoms with Crippen molar-refractivity contribution in [3.63, 3.8) is 0 Å². The van der Waals surface area contributed by atoms with E-state index in [4.69, 9.17) is 16.7 Å². The van der Waals surface area contributed by atoms with Crippen molar-refractivity contribution in [3.8, 4) is 11.1 Å². The molecule has 2 atom stereocenters. The number of carboxylic acid groups (broad SMARTS) is 1. The maximum Gasteiger partial charge on any atom is 0.303 e. The number of carboxylic acids is 1. The monoisotopic (exact) mass is 412 g/mol. The highest BCUT2D eigenvalue weighted by molar-refractivity contribution is 7.91. The smallest absolute Gasteiger partial charge is 0.303 e. The van der Waals surface area contributed by atoms with E-state index in [0.717, 1.165) is 21.6 Å². The Kier molecular flexibility index (Phi) is 7.15. The van der Waals surface area contributed by atoms with Crippen molar-refractivity contribution in [3.05, 3.63) is 89.4 Å². The summed E-state index contributed by atoms with van der Waals surface area (Å²) in [5, 5.41) is 9.78. The Labute approximate surface area is 173 Å². The SMILES string of the molecule is O=C(O)CCC(C[S@@+]([O-])c1ccccc1)c1ccc(-c2ccc(Cl)cc2)cc1. The normalized spacial score (nSPS) is 13.1. The number of hydrogen-bond donors (Lipinski definition) is 1. The Hall–Kier alpha value is -2.27. The molecule has 3 nitrogen and oxygen atoms in total. The molecule has 0 aliphatic rings. The lowest BCUT2D eigenvalue weighted by Crippen LogP contribution is -2.16. The van der Waals surface area contributed by atoms with Crippen LogP contribution in [0.1, 0.15) is 24.3 Å². The average molecular weight is 413 g/mol. The van der Waals surface area contributed by atoms with Crippen molar-refractivity contribution in [1.82, 2.24) is 0 Å². The van der Waals surface area contributed by atoms with Crippen LogP contribution in [-0.2, 0) is 16.0 Å². The van der Waals surface area contributed by atoms with Crippen molar-refractivity contribution in [2.75, 3.05) is 5.75 Å². The van der Waals surface area contributed by atoms with Gasteiger partial charge in [0.15, 0.2) is 4.90 Å². The van der Waals surface area contributed by atoms with Crippen LogP contribution in [0.2, 0.25) is 5.02 Å². The van der Waals surface area contributed by atoms with Gasteiger partial charge in [-0.2, -0.15) is 0 Å². The summed E-state index contributed by atoms with van der Waals surface area (Å²) in [6, 6.07) is 24.9. The summed E-state index contributed by atoms with van der Waals surface area (Å²) < 4.78 is 12.7. The lowest BCUT2D eigenvalue weighted by Gasteiger charge is -2.19. The van der Waals surface area contributed by atoms with Gasteiger partial charge in [-0.15, -0.1) is 0 Å². The molecular formula is C23H21ClO3S. The molecule has 0 aromatic heterocycles. The Morgan fingerprint density at radius 1 is 0.929 bits per heavy atom. The van der Waals surface area contributed by atoms with Gasteiger partial charge < -0.3 is 9.66 Å². The molecule has 0 heterocycles.